The Morgan fingerprint density at radius 3 is 2.52 bits per heavy atom. The SMILES string of the molecule is CCC1CC1C1OC(C)C2CC2C1C.COc1c(C)cccc1-c1cccc(CC(=O)O)c1. The van der Waals surface area contributed by atoms with Crippen molar-refractivity contribution in [1.82, 2.24) is 0 Å². The Hall–Kier alpha value is -2.33. The summed E-state index contributed by atoms with van der Waals surface area (Å²) in [6.07, 6.45) is 5.44. The molecule has 2 aromatic rings. The van der Waals surface area contributed by atoms with Gasteiger partial charge in [-0.2, -0.15) is 0 Å². The van der Waals surface area contributed by atoms with Gasteiger partial charge in [0.2, 0.25) is 0 Å². The number of ether oxygens (including phenoxy) is 2. The summed E-state index contributed by atoms with van der Waals surface area (Å²) in [6, 6.07) is 13.5. The van der Waals surface area contributed by atoms with Crippen LogP contribution in [-0.4, -0.2) is 30.4 Å². The van der Waals surface area contributed by atoms with Crippen molar-refractivity contribution in [2.24, 2.45) is 29.6 Å². The smallest absolute Gasteiger partial charge is 0.307 e. The van der Waals surface area contributed by atoms with Gasteiger partial charge >= 0.3 is 5.97 Å². The van der Waals surface area contributed by atoms with Crippen LogP contribution < -0.4 is 4.74 Å². The van der Waals surface area contributed by atoms with E-state index < -0.39 is 5.97 Å². The van der Waals surface area contributed by atoms with E-state index >= 15 is 0 Å². The molecule has 2 aliphatic carbocycles. The molecular formula is C29H38O4. The molecule has 4 nitrogen and oxygen atoms in total. The minimum Gasteiger partial charge on any atom is -0.496 e. The van der Waals surface area contributed by atoms with Crippen molar-refractivity contribution in [3.05, 3.63) is 53.6 Å². The molecule has 1 N–H and O–H groups in total. The molecule has 1 saturated heterocycles. The van der Waals surface area contributed by atoms with Crippen LogP contribution in [0.5, 0.6) is 5.75 Å². The van der Waals surface area contributed by atoms with Gasteiger partial charge in [0.15, 0.2) is 0 Å². The molecule has 1 heterocycles. The van der Waals surface area contributed by atoms with Gasteiger partial charge < -0.3 is 14.6 Å². The number of carboxylic acids is 1. The number of benzene rings is 2. The molecule has 0 aromatic heterocycles. The lowest BCUT2D eigenvalue weighted by Crippen LogP contribution is -2.36. The van der Waals surface area contributed by atoms with E-state index in [1.807, 2.05) is 49.4 Å². The Labute approximate surface area is 198 Å². The van der Waals surface area contributed by atoms with Crippen molar-refractivity contribution >= 4 is 5.97 Å². The van der Waals surface area contributed by atoms with Crippen LogP contribution in [-0.2, 0) is 16.0 Å². The second kappa shape index (κ2) is 9.89. The van der Waals surface area contributed by atoms with Gasteiger partial charge in [-0.1, -0.05) is 62.7 Å². The number of carbonyl (C=O) groups is 1. The Kier molecular flexibility index (Phi) is 7.13. The first kappa shape index (κ1) is 23.8. The molecule has 0 amide bonds. The summed E-state index contributed by atoms with van der Waals surface area (Å²) in [5.74, 6) is 4.69. The zero-order valence-electron chi connectivity index (χ0n) is 20.6. The van der Waals surface area contributed by atoms with Crippen molar-refractivity contribution in [2.45, 2.75) is 65.6 Å². The van der Waals surface area contributed by atoms with Crippen molar-refractivity contribution in [3.8, 4) is 16.9 Å². The fourth-order valence-corrected chi connectivity index (χ4v) is 5.90. The highest BCUT2D eigenvalue weighted by Crippen LogP contribution is 2.58. The van der Waals surface area contributed by atoms with Gasteiger partial charge in [-0.25, -0.2) is 0 Å². The third kappa shape index (κ3) is 5.27. The highest BCUT2D eigenvalue weighted by atomic mass is 16.5. The molecule has 3 fully saturated rings. The topological polar surface area (TPSA) is 55.8 Å². The fraction of sp³-hybridized carbons (Fsp3) is 0.552. The standard InChI is InChI=1S/C16H16O3.C13H22O/c1-11-5-3-8-14(16(11)19-2)13-7-4-6-12(9-13)10-15(17)18;1-4-9-5-12(9)13-7(2)10-6-11(10)8(3)14-13/h3-9H,10H2,1-2H3,(H,17,18);7-13H,4-6H2,1-3H3. The van der Waals surface area contributed by atoms with E-state index in [0.717, 1.165) is 57.6 Å². The van der Waals surface area contributed by atoms with Gasteiger partial charge in [-0.15, -0.1) is 0 Å². The maximum atomic E-state index is 10.8. The Morgan fingerprint density at radius 2 is 1.85 bits per heavy atom. The van der Waals surface area contributed by atoms with Crippen LogP contribution in [0.3, 0.4) is 0 Å². The Balaban J connectivity index is 0.000000163. The van der Waals surface area contributed by atoms with Gasteiger partial charge in [0, 0.05) is 5.56 Å². The molecule has 178 valence electrons. The molecule has 1 aliphatic heterocycles. The number of aryl methyl sites for hydroxylation is 1. The van der Waals surface area contributed by atoms with Crippen LogP contribution in [0.25, 0.3) is 11.1 Å². The number of para-hydroxylation sites is 1. The minimum absolute atomic E-state index is 0.0297. The van der Waals surface area contributed by atoms with E-state index in [1.54, 1.807) is 7.11 Å². The summed E-state index contributed by atoms with van der Waals surface area (Å²) in [5.41, 5.74) is 3.80. The molecule has 33 heavy (non-hydrogen) atoms. The lowest BCUT2D eigenvalue weighted by Gasteiger charge is -2.33. The zero-order valence-corrected chi connectivity index (χ0v) is 20.6. The maximum Gasteiger partial charge on any atom is 0.307 e. The molecule has 0 radical (unpaired) electrons. The number of fused-ring (bicyclic) bond motifs is 1. The molecular weight excluding hydrogens is 412 g/mol. The van der Waals surface area contributed by atoms with Gasteiger partial charge in [-0.3, -0.25) is 4.79 Å². The number of hydrogen-bond acceptors (Lipinski definition) is 3. The van der Waals surface area contributed by atoms with E-state index in [4.69, 9.17) is 14.6 Å². The van der Waals surface area contributed by atoms with Crippen molar-refractivity contribution in [1.29, 1.82) is 0 Å². The summed E-state index contributed by atoms with van der Waals surface area (Å²) in [4.78, 5) is 10.8. The van der Waals surface area contributed by atoms with E-state index in [-0.39, 0.29) is 6.42 Å². The third-order valence-electron chi connectivity index (χ3n) is 7.99. The maximum absolute atomic E-state index is 10.8. The van der Waals surface area contributed by atoms with Crippen LogP contribution in [0.4, 0.5) is 0 Å². The normalized spacial score (nSPS) is 31.6. The summed E-state index contributed by atoms with van der Waals surface area (Å²) in [6.45, 7) is 9.02. The number of rotatable bonds is 6. The lowest BCUT2D eigenvalue weighted by molar-refractivity contribution is -0.136. The first-order chi connectivity index (χ1) is 15.8. The lowest BCUT2D eigenvalue weighted by atomic mass is 9.89. The average Bonchev–Trinajstić information content (AvgIpc) is 3.70. The summed E-state index contributed by atoms with van der Waals surface area (Å²) in [7, 11) is 1.65. The van der Waals surface area contributed by atoms with Gasteiger partial charge in [-0.05, 0) is 73.0 Å². The average molecular weight is 451 g/mol. The molecule has 3 aliphatic rings. The third-order valence-corrected chi connectivity index (χ3v) is 7.99. The number of hydrogen-bond donors (Lipinski definition) is 1. The molecule has 5 rings (SSSR count). The van der Waals surface area contributed by atoms with Crippen LogP contribution in [0.1, 0.15) is 51.2 Å². The highest BCUT2D eigenvalue weighted by molar-refractivity contribution is 5.75. The van der Waals surface area contributed by atoms with Gasteiger partial charge in [0.1, 0.15) is 5.75 Å². The first-order valence-corrected chi connectivity index (χ1v) is 12.4. The second-order valence-electron chi connectivity index (χ2n) is 10.2. The molecule has 7 unspecified atom stereocenters. The molecule has 2 aromatic carbocycles. The van der Waals surface area contributed by atoms with Gasteiger partial charge in [0.25, 0.3) is 0 Å². The zero-order chi connectivity index (χ0) is 23.7. The fourth-order valence-electron chi connectivity index (χ4n) is 5.90. The van der Waals surface area contributed by atoms with Crippen molar-refractivity contribution < 1.29 is 19.4 Å². The predicted molar refractivity (Wildman–Crippen MR) is 131 cm³/mol. The van der Waals surface area contributed by atoms with E-state index in [2.05, 4.69) is 20.8 Å². The second-order valence-corrected chi connectivity index (χ2v) is 10.2. The van der Waals surface area contributed by atoms with Crippen LogP contribution in [0.2, 0.25) is 0 Å². The molecule has 0 bridgehead atoms. The van der Waals surface area contributed by atoms with E-state index in [9.17, 15) is 4.79 Å². The van der Waals surface area contributed by atoms with E-state index in [1.165, 1.54) is 19.3 Å². The predicted octanol–water partition coefficient (Wildman–Crippen LogP) is 6.39. The molecule has 7 atom stereocenters. The Morgan fingerprint density at radius 1 is 1.09 bits per heavy atom. The summed E-state index contributed by atoms with van der Waals surface area (Å²) >= 11 is 0. The number of aliphatic carboxylic acids is 1. The van der Waals surface area contributed by atoms with Crippen molar-refractivity contribution in [3.63, 3.8) is 0 Å². The van der Waals surface area contributed by atoms with Crippen molar-refractivity contribution in [2.75, 3.05) is 7.11 Å². The van der Waals surface area contributed by atoms with E-state index in [0.29, 0.717) is 12.2 Å². The minimum atomic E-state index is -0.826. The first-order valence-electron chi connectivity index (χ1n) is 12.4. The largest absolute Gasteiger partial charge is 0.496 e. The number of carboxylic acid groups (broad SMARTS) is 1. The summed E-state index contributed by atoms with van der Waals surface area (Å²) < 4.78 is 11.6. The van der Waals surface area contributed by atoms with Crippen LogP contribution >= 0.6 is 0 Å². The molecule has 4 heteroatoms. The Bertz CT molecular complexity index is 983. The van der Waals surface area contributed by atoms with Crippen LogP contribution in [0.15, 0.2) is 42.5 Å². The highest BCUT2D eigenvalue weighted by Gasteiger charge is 2.56. The monoisotopic (exact) mass is 450 g/mol. The van der Waals surface area contributed by atoms with Gasteiger partial charge in [0.05, 0.1) is 25.7 Å². The molecule has 2 saturated carbocycles. The van der Waals surface area contributed by atoms with Crippen LogP contribution in [0, 0.1) is 36.5 Å². The molecule has 0 spiro atoms. The quantitative estimate of drug-likeness (QED) is 0.554. The number of methoxy groups -OCH3 is 1. The summed E-state index contributed by atoms with van der Waals surface area (Å²) in [5, 5.41) is 8.85.